The Bertz CT molecular complexity index is 3090. The van der Waals surface area contributed by atoms with Crippen molar-refractivity contribution >= 4 is 83.9 Å². The molecule has 0 N–H and O–H groups in total. The maximum Gasteiger partial charge on any atom is 0.172 e. The van der Waals surface area contributed by atoms with Gasteiger partial charge in [-0.05, 0) is 77.9 Å². The molecule has 0 aliphatic carbocycles. The van der Waals surface area contributed by atoms with Crippen LogP contribution in [0.5, 0.6) is 0 Å². The van der Waals surface area contributed by atoms with E-state index in [1.807, 2.05) is 66.7 Å². The van der Waals surface area contributed by atoms with E-state index in [9.17, 15) is 0 Å². The van der Waals surface area contributed by atoms with Gasteiger partial charge in [0, 0.05) is 66.3 Å². The number of furan rings is 1. The Morgan fingerprint density at radius 2 is 1.11 bits per heavy atom. The third-order valence-corrected chi connectivity index (χ3v) is 14.0. The van der Waals surface area contributed by atoms with Gasteiger partial charge < -0.3 is 18.4 Å². The summed E-state index contributed by atoms with van der Waals surface area (Å²) in [6, 6.07) is 65.0. The van der Waals surface area contributed by atoms with Crippen molar-refractivity contribution in [3.05, 3.63) is 188 Å². The number of aromatic nitrogens is 1. The van der Waals surface area contributed by atoms with Gasteiger partial charge in [0.25, 0.3) is 0 Å². The van der Waals surface area contributed by atoms with Crippen LogP contribution in [0.25, 0.3) is 60.6 Å². The zero-order valence-corrected chi connectivity index (χ0v) is 29.5. The van der Waals surface area contributed by atoms with Gasteiger partial charge in [-0.2, -0.15) is 0 Å². The molecule has 250 valence electrons. The lowest BCUT2D eigenvalue weighted by Crippen LogP contribution is -2.21. The number of benzene rings is 8. The second-order valence-electron chi connectivity index (χ2n) is 13.6. The van der Waals surface area contributed by atoms with E-state index in [1.165, 1.54) is 0 Å². The van der Waals surface area contributed by atoms with Crippen LogP contribution in [0.1, 0.15) is 0 Å². The molecule has 0 spiro atoms. The summed E-state index contributed by atoms with van der Waals surface area (Å²) in [5.74, 6) is 0. The number of hydrogen-bond acceptors (Lipinski definition) is 3. The van der Waals surface area contributed by atoms with Crippen molar-refractivity contribution < 1.29 is 8.98 Å². The Kier molecular flexibility index (Phi) is 6.49. The van der Waals surface area contributed by atoms with Crippen LogP contribution < -0.4 is 20.8 Å². The third kappa shape index (κ3) is 4.34. The lowest BCUT2D eigenvalue weighted by atomic mass is 10.0. The average Bonchev–Trinajstić information content (AvgIpc) is 3.85. The Hall–Kier alpha value is -6.61. The molecule has 0 amide bonds. The number of rotatable bonds is 5. The van der Waals surface area contributed by atoms with Crippen molar-refractivity contribution in [2.75, 3.05) is 4.90 Å². The zero-order chi connectivity index (χ0) is 35.1. The summed E-state index contributed by atoms with van der Waals surface area (Å²) in [6.07, 6.45) is 0. The van der Waals surface area contributed by atoms with Crippen LogP contribution in [-0.4, -0.2) is 4.57 Å². The standard InChI is InChI=1S/C48H31N2O2P/c51-53(36-15-5-2-6-16-36)46-22-12-9-18-39(46)40-29-30-43-47(48(40)53)41-19-7-10-20-42(41)50(43)34-25-23-33(24-26-34)49(32-13-3-1-4-14-32)35-27-28-38-37-17-8-11-21-44(37)52-45(38)31-35/h1-31H. The highest BCUT2D eigenvalue weighted by atomic mass is 31.2. The zero-order valence-electron chi connectivity index (χ0n) is 28.6. The molecule has 53 heavy (non-hydrogen) atoms. The first kappa shape index (κ1) is 30.1. The van der Waals surface area contributed by atoms with Gasteiger partial charge >= 0.3 is 0 Å². The number of anilines is 3. The van der Waals surface area contributed by atoms with Gasteiger partial charge in [0.1, 0.15) is 11.2 Å². The Morgan fingerprint density at radius 1 is 0.472 bits per heavy atom. The fourth-order valence-electron chi connectivity index (χ4n) is 8.50. The second kappa shape index (κ2) is 11.4. The molecule has 4 nitrogen and oxygen atoms in total. The quantitative estimate of drug-likeness (QED) is 0.168. The predicted molar refractivity (Wildman–Crippen MR) is 221 cm³/mol. The van der Waals surface area contributed by atoms with Crippen molar-refractivity contribution in [3.63, 3.8) is 0 Å². The molecular formula is C48H31N2O2P. The molecule has 5 heteroatoms. The molecule has 8 aromatic carbocycles. The summed E-state index contributed by atoms with van der Waals surface area (Å²) in [5.41, 5.74) is 10.1. The van der Waals surface area contributed by atoms with Crippen LogP contribution >= 0.6 is 7.14 Å². The first-order chi connectivity index (χ1) is 26.2. The molecule has 0 saturated heterocycles. The largest absolute Gasteiger partial charge is 0.456 e. The summed E-state index contributed by atoms with van der Waals surface area (Å²) in [5, 5.41) is 7.08. The Balaban J connectivity index is 1.10. The van der Waals surface area contributed by atoms with Crippen LogP contribution in [-0.2, 0) is 4.57 Å². The molecule has 0 saturated carbocycles. The van der Waals surface area contributed by atoms with Gasteiger partial charge in [-0.15, -0.1) is 0 Å². The smallest absolute Gasteiger partial charge is 0.172 e. The molecule has 3 heterocycles. The molecule has 1 atom stereocenters. The van der Waals surface area contributed by atoms with Gasteiger partial charge in [0.05, 0.1) is 11.0 Å². The molecular weight excluding hydrogens is 668 g/mol. The predicted octanol–water partition coefficient (Wildman–Crippen LogP) is 11.8. The molecule has 0 fully saturated rings. The van der Waals surface area contributed by atoms with E-state index in [2.05, 4.69) is 131 Å². The molecule has 1 aliphatic heterocycles. The van der Waals surface area contributed by atoms with E-state index in [0.29, 0.717) is 0 Å². The number of hydrogen-bond donors (Lipinski definition) is 0. The van der Waals surface area contributed by atoms with Crippen LogP contribution in [0.3, 0.4) is 0 Å². The monoisotopic (exact) mass is 698 g/mol. The molecule has 11 rings (SSSR count). The maximum absolute atomic E-state index is 15.8. The molecule has 10 aromatic rings. The van der Waals surface area contributed by atoms with E-state index in [1.54, 1.807) is 0 Å². The Labute approximate surface area is 306 Å². The van der Waals surface area contributed by atoms with Gasteiger partial charge in [-0.3, -0.25) is 0 Å². The summed E-state index contributed by atoms with van der Waals surface area (Å²) >= 11 is 0. The van der Waals surface area contributed by atoms with Gasteiger partial charge in [0.15, 0.2) is 7.14 Å². The number of nitrogens with zero attached hydrogens (tertiary/aromatic N) is 2. The van der Waals surface area contributed by atoms with Gasteiger partial charge in [-0.1, -0.05) is 115 Å². The van der Waals surface area contributed by atoms with Crippen LogP contribution in [0.4, 0.5) is 17.1 Å². The van der Waals surface area contributed by atoms with E-state index in [0.717, 1.165) is 93.5 Å². The minimum absolute atomic E-state index is 0.856. The van der Waals surface area contributed by atoms with E-state index in [-0.39, 0.29) is 0 Å². The van der Waals surface area contributed by atoms with Crippen molar-refractivity contribution in [2.45, 2.75) is 0 Å². The fourth-order valence-corrected chi connectivity index (χ4v) is 11.8. The first-order valence-corrected chi connectivity index (χ1v) is 19.6. The topological polar surface area (TPSA) is 38.4 Å². The van der Waals surface area contributed by atoms with Crippen LogP contribution in [0.15, 0.2) is 192 Å². The first-order valence-electron chi connectivity index (χ1n) is 17.9. The second-order valence-corrected chi connectivity index (χ2v) is 16.3. The van der Waals surface area contributed by atoms with Gasteiger partial charge in [0.2, 0.25) is 0 Å². The molecule has 1 unspecified atom stereocenters. The summed E-state index contributed by atoms with van der Waals surface area (Å²) in [6.45, 7) is 0. The van der Waals surface area contributed by atoms with Crippen molar-refractivity contribution in [1.82, 2.24) is 4.57 Å². The summed E-state index contributed by atoms with van der Waals surface area (Å²) in [7, 11) is -3.17. The molecule has 2 aromatic heterocycles. The highest BCUT2D eigenvalue weighted by Gasteiger charge is 2.42. The number of fused-ring (bicyclic) bond motifs is 10. The fraction of sp³-hybridized carbons (Fsp3) is 0. The van der Waals surface area contributed by atoms with E-state index >= 15 is 4.57 Å². The lowest BCUT2D eigenvalue weighted by Gasteiger charge is -2.25. The molecule has 0 bridgehead atoms. The number of para-hydroxylation sites is 3. The molecule has 0 radical (unpaired) electrons. The van der Waals surface area contributed by atoms with Crippen LogP contribution in [0, 0.1) is 0 Å². The van der Waals surface area contributed by atoms with Crippen molar-refractivity contribution in [2.24, 2.45) is 0 Å². The van der Waals surface area contributed by atoms with E-state index < -0.39 is 7.14 Å². The highest BCUT2D eigenvalue weighted by Crippen LogP contribution is 2.55. The Morgan fingerprint density at radius 3 is 1.94 bits per heavy atom. The minimum atomic E-state index is -3.17. The molecule has 1 aliphatic rings. The van der Waals surface area contributed by atoms with Crippen LogP contribution in [0.2, 0.25) is 0 Å². The van der Waals surface area contributed by atoms with Gasteiger partial charge in [-0.25, -0.2) is 0 Å². The summed E-state index contributed by atoms with van der Waals surface area (Å²) in [4.78, 5) is 2.27. The highest BCUT2D eigenvalue weighted by molar-refractivity contribution is 7.86. The van der Waals surface area contributed by atoms with E-state index in [4.69, 9.17) is 4.42 Å². The maximum atomic E-state index is 15.8. The van der Waals surface area contributed by atoms with Crippen molar-refractivity contribution in [3.8, 4) is 16.8 Å². The lowest BCUT2D eigenvalue weighted by molar-refractivity contribution is 0.593. The SMILES string of the molecule is O=P1(c2ccccc2)c2ccccc2-c2ccc3c(c21)c1ccccc1n3-c1ccc(N(c2ccccc2)c2ccc3c(c2)oc2ccccc23)cc1. The summed E-state index contributed by atoms with van der Waals surface area (Å²) < 4.78 is 24.4. The van der Waals surface area contributed by atoms with Crippen molar-refractivity contribution in [1.29, 1.82) is 0 Å². The normalized spacial score (nSPS) is 14.9. The minimum Gasteiger partial charge on any atom is -0.456 e. The third-order valence-electron chi connectivity index (χ3n) is 10.8. The average molecular weight is 699 g/mol.